The minimum absolute atomic E-state index is 0. The highest BCUT2D eigenvalue weighted by molar-refractivity contribution is 8.93. The molecule has 66 valence electrons. The van der Waals surface area contributed by atoms with Crippen LogP contribution in [-0.4, -0.2) is 0 Å². The summed E-state index contributed by atoms with van der Waals surface area (Å²) in [5.74, 6) is 5.21. The van der Waals surface area contributed by atoms with Crippen molar-refractivity contribution >= 4 is 28.7 Å². The fraction of sp³-hybridized carbons (Fsp3) is 0.111. The third kappa shape index (κ3) is 3.07. The van der Waals surface area contributed by atoms with E-state index in [-0.39, 0.29) is 17.0 Å². The van der Waals surface area contributed by atoms with Crippen LogP contribution in [0.5, 0.6) is 0 Å². The van der Waals surface area contributed by atoms with Crippen molar-refractivity contribution in [3.63, 3.8) is 0 Å². The molecule has 0 radical (unpaired) electrons. The molecule has 0 fully saturated rings. The Kier molecular flexibility index (Phi) is 5.41. The Balaban J connectivity index is 0.00000121. The van der Waals surface area contributed by atoms with Crippen molar-refractivity contribution in [2.45, 2.75) is 6.92 Å². The van der Waals surface area contributed by atoms with E-state index in [9.17, 15) is 0 Å². The number of nitrogen functional groups attached to an aromatic ring is 1. The van der Waals surface area contributed by atoms with E-state index in [1.165, 1.54) is 5.56 Å². The van der Waals surface area contributed by atoms with Crippen LogP contribution in [0.2, 0.25) is 0 Å². The van der Waals surface area contributed by atoms with Gasteiger partial charge < -0.3 is 5.43 Å². The summed E-state index contributed by atoms with van der Waals surface area (Å²) in [5.41, 5.74) is 4.69. The smallest absolute Gasteiger partial charge is 0.0485 e. The molecule has 0 saturated heterocycles. The van der Waals surface area contributed by atoms with E-state index in [2.05, 4.69) is 5.43 Å². The van der Waals surface area contributed by atoms with Gasteiger partial charge in [-0.15, -0.1) is 17.0 Å². The summed E-state index contributed by atoms with van der Waals surface area (Å²) in [6, 6.07) is 7.90. The lowest BCUT2D eigenvalue weighted by Gasteiger charge is -1.98. The van der Waals surface area contributed by atoms with Crippen LogP contribution in [0.4, 0.5) is 5.69 Å². The number of benzene rings is 1. The van der Waals surface area contributed by atoms with Gasteiger partial charge in [-0.25, -0.2) is 0 Å². The average Bonchev–Trinajstić information content (AvgIpc) is 2.07. The van der Waals surface area contributed by atoms with Gasteiger partial charge in [0.2, 0.25) is 0 Å². The lowest BCUT2D eigenvalue weighted by atomic mass is 10.2. The number of nitrogens with two attached hydrogens (primary N) is 1. The highest BCUT2D eigenvalue weighted by Crippen LogP contribution is 2.08. The first kappa shape index (κ1) is 11.2. The monoisotopic (exact) mass is 228 g/mol. The Morgan fingerprint density at radius 3 is 2.25 bits per heavy atom. The first-order chi connectivity index (χ1) is 5.36. The molecular weight excluding hydrogens is 216 g/mol. The molecule has 0 aliphatic rings. The predicted octanol–water partition coefficient (Wildman–Crippen LogP) is 2.58. The minimum atomic E-state index is 0. The summed E-state index contributed by atoms with van der Waals surface area (Å²) in [6.07, 6.45) is 4.05. The molecule has 0 atom stereocenters. The number of nitrogens with one attached hydrogen (secondary N) is 1. The van der Waals surface area contributed by atoms with E-state index >= 15 is 0 Å². The SMILES string of the molecule is Br.CC=Cc1ccc(NN)cc1. The first-order valence-electron chi connectivity index (χ1n) is 3.56. The third-order valence-electron chi connectivity index (χ3n) is 1.44. The van der Waals surface area contributed by atoms with Crippen molar-refractivity contribution < 1.29 is 0 Å². The molecule has 0 spiro atoms. The molecule has 0 aliphatic carbocycles. The van der Waals surface area contributed by atoms with Gasteiger partial charge in [-0.1, -0.05) is 24.3 Å². The number of allylic oxidation sites excluding steroid dienone is 1. The molecule has 12 heavy (non-hydrogen) atoms. The van der Waals surface area contributed by atoms with Gasteiger partial charge in [0.25, 0.3) is 0 Å². The zero-order chi connectivity index (χ0) is 8.10. The summed E-state index contributed by atoms with van der Waals surface area (Å²) < 4.78 is 0. The fourth-order valence-corrected chi connectivity index (χ4v) is 0.883. The summed E-state index contributed by atoms with van der Waals surface area (Å²) >= 11 is 0. The van der Waals surface area contributed by atoms with Crippen LogP contribution >= 0.6 is 17.0 Å². The van der Waals surface area contributed by atoms with Crippen molar-refractivity contribution in [2.24, 2.45) is 5.84 Å². The molecule has 0 unspecified atom stereocenters. The van der Waals surface area contributed by atoms with Crippen LogP contribution in [0.15, 0.2) is 30.3 Å². The second-order valence-corrected chi connectivity index (χ2v) is 2.27. The largest absolute Gasteiger partial charge is 0.324 e. The number of rotatable bonds is 2. The van der Waals surface area contributed by atoms with Crippen molar-refractivity contribution in [3.05, 3.63) is 35.9 Å². The van der Waals surface area contributed by atoms with E-state index in [4.69, 9.17) is 5.84 Å². The summed E-state index contributed by atoms with van der Waals surface area (Å²) in [6.45, 7) is 2.00. The van der Waals surface area contributed by atoms with Gasteiger partial charge >= 0.3 is 0 Å². The number of halogens is 1. The van der Waals surface area contributed by atoms with Gasteiger partial charge in [0, 0.05) is 5.69 Å². The molecule has 0 aromatic heterocycles. The summed E-state index contributed by atoms with van der Waals surface area (Å²) in [4.78, 5) is 0. The van der Waals surface area contributed by atoms with E-state index in [1.807, 2.05) is 43.3 Å². The van der Waals surface area contributed by atoms with Gasteiger partial charge in [0.15, 0.2) is 0 Å². The second-order valence-electron chi connectivity index (χ2n) is 2.27. The third-order valence-corrected chi connectivity index (χ3v) is 1.44. The van der Waals surface area contributed by atoms with Crippen LogP contribution in [-0.2, 0) is 0 Å². The highest BCUT2D eigenvalue weighted by Gasteiger charge is 1.86. The topological polar surface area (TPSA) is 38.0 Å². The number of hydrazine groups is 1. The molecule has 3 N–H and O–H groups in total. The van der Waals surface area contributed by atoms with Crippen LogP contribution in [0.25, 0.3) is 6.08 Å². The van der Waals surface area contributed by atoms with E-state index in [0.717, 1.165) is 5.69 Å². The van der Waals surface area contributed by atoms with Crippen molar-refractivity contribution in [1.82, 2.24) is 0 Å². The molecule has 1 aromatic rings. The fourth-order valence-electron chi connectivity index (χ4n) is 0.883. The van der Waals surface area contributed by atoms with E-state index in [1.54, 1.807) is 0 Å². The Morgan fingerprint density at radius 1 is 1.25 bits per heavy atom. The van der Waals surface area contributed by atoms with Gasteiger partial charge in [-0.3, -0.25) is 5.84 Å². The molecule has 2 nitrogen and oxygen atoms in total. The van der Waals surface area contributed by atoms with Crippen molar-refractivity contribution in [2.75, 3.05) is 5.43 Å². The molecule has 0 heterocycles. The van der Waals surface area contributed by atoms with Crippen LogP contribution in [0, 0.1) is 0 Å². The van der Waals surface area contributed by atoms with Crippen LogP contribution in [0.1, 0.15) is 12.5 Å². The Bertz CT molecular complexity index is 241. The van der Waals surface area contributed by atoms with E-state index < -0.39 is 0 Å². The maximum atomic E-state index is 5.21. The maximum absolute atomic E-state index is 5.21. The Labute approximate surface area is 83.2 Å². The molecule has 1 rings (SSSR count). The molecule has 1 aromatic carbocycles. The summed E-state index contributed by atoms with van der Waals surface area (Å²) in [5, 5.41) is 0. The van der Waals surface area contributed by atoms with Gasteiger partial charge in [-0.2, -0.15) is 0 Å². The number of anilines is 1. The summed E-state index contributed by atoms with van der Waals surface area (Å²) in [7, 11) is 0. The van der Waals surface area contributed by atoms with E-state index in [0.29, 0.717) is 0 Å². The molecule has 0 bridgehead atoms. The molecular formula is C9H13BrN2. The number of hydrogen-bond acceptors (Lipinski definition) is 2. The normalized spacial score (nSPS) is 9.50. The van der Waals surface area contributed by atoms with Crippen LogP contribution in [0.3, 0.4) is 0 Å². The zero-order valence-electron chi connectivity index (χ0n) is 6.95. The predicted molar refractivity (Wildman–Crippen MR) is 59.3 cm³/mol. The van der Waals surface area contributed by atoms with Crippen molar-refractivity contribution in [3.8, 4) is 0 Å². The van der Waals surface area contributed by atoms with Gasteiger partial charge in [0.1, 0.15) is 0 Å². The standard InChI is InChI=1S/C9H12N2.BrH/c1-2-3-8-4-6-9(11-10)7-5-8;/h2-7,11H,10H2,1H3;1H. The molecule has 0 saturated carbocycles. The Hall–Kier alpha value is -0.800. The zero-order valence-corrected chi connectivity index (χ0v) is 8.66. The average molecular weight is 229 g/mol. The lowest BCUT2D eigenvalue weighted by molar-refractivity contribution is 1.35. The quantitative estimate of drug-likeness (QED) is 0.604. The maximum Gasteiger partial charge on any atom is 0.0485 e. The molecule has 0 aliphatic heterocycles. The molecule has 0 amide bonds. The Morgan fingerprint density at radius 2 is 1.83 bits per heavy atom. The molecule has 3 heteroatoms. The number of hydrogen-bond donors (Lipinski definition) is 2. The lowest BCUT2D eigenvalue weighted by Crippen LogP contribution is -2.05. The van der Waals surface area contributed by atoms with Gasteiger partial charge in [0.05, 0.1) is 0 Å². The van der Waals surface area contributed by atoms with Gasteiger partial charge in [-0.05, 0) is 24.6 Å². The second kappa shape index (κ2) is 5.80. The van der Waals surface area contributed by atoms with Crippen molar-refractivity contribution in [1.29, 1.82) is 0 Å². The first-order valence-corrected chi connectivity index (χ1v) is 3.56. The minimum Gasteiger partial charge on any atom is -0.324 e. The van der Waals surface area contributed by atoms with Crippen LogP contribution < -0.4 is 11.3 Å². The highest BCUT2D eigenvalue weighted by atomic mass is 79.9.